The van der Waals surface area contributed by atoms with E-state index in [-0.39, 0.29) is 36.0 Å². The number of rotatable bonds is 5. The molecule has 4 rings (SSSR count). The van der Waals surface area contributed by atoms with Crippen LogP contribution in [-0.4, -0.2) is 68.7 Å². The second kappa shape index (κ2) is 13.3. The smallest absolute Gasteiger partial charge is 0.250 e. The lowest BCUT2D eigenvalue weighted by molar-refractivity contribution is -0.132. The lowest BCUT2D eigenvalue weighted by Crippen LogP contribution is -2.47. The molecule has 0 aliphatic carbocycles. The lowest BCUT2D eigenvalue weighted by Gasteiger charge is -2.34. The van der Waals surface area contributed by atoms with E-state index < -0.39 is 38.1 Å². The normalized spacial score (nSPS) is 20.8. The Morgan fingerprint density at radius 2 is 1.22 bits per heavy atom. The Hall–Kier alpha value is -3.09. The summed E-state index contributed by atoms with van der Waals surface area (Å²) in [6, 6.07) is 20.5. The Balaban J connectivity index is 1.70. The lowest BCUT2D eigenvalue weighted by atomic mass is 10.0. The number of carbonyl (C=O) groups excluding carboxylic acids is 1. The zero-order valence-corrected chi connectivity index (χ0v) is 24.9. The maximum atomic E-state index is 14.0. The molecular formula is C30H37N3O6S2. The van der Waals surface area contributed by atoms with E-state index in [4.69, 9.17) is 0 Å². The Labute approximate surface area is 242 Å². The van der Waals surface area contributed by atoms with Gasteiger partial charge in [0.25, 0.3) is 5.91 Å². The number of amides is 1. The number of hydrogen-bond acceptors (Lipinski definition) is 6. The molecule has 1 aliphatic rings. The van der Waals surface area contributed by atoms with Crippen molar-refractivity contribution in [1.82, 2.24) is 13.9 Å². The molecule has 1 fully saturated rings. The van der Waals surface area contributed by atoms with Gasteiger partial charge in [0.2, 0.25) is 20.0 Å². The maximum absolute atomic E-state index is 14.0. The zero-order chi connectivity index (χ0) is 29.6. The fraction of sp³-hybridized carbons (Fsp3) is 0.367. The van der Waals surface area contributed by atoms with Crippen LogP contribution in [0.3, 0.4) is 0 Å². The van der Waals surface area contributed by atoms with Gasteiger partial charge in [-0.2, -0.15) is 8.61 Å². The average Bonchev–Trinajstić information content (AvgIpc) is 2.96. The molecule has 11 heteroatoms. The van der Waals surface area contributed by atoms with Crippen molar-refractivity contribution in [2.75, 3.05) is 26.2 Å². The minimum atomic E-state index is -4.16. The molecule has 0 spiro atoms. The highest BCUT2D eigenvalue weighted by Crippen LogP contribution is 2.32. The van der Waals surface area contributed by atoms with E-state index in [0.29, 0.717) is 24.8 Å². The Bertz CT molecular complexity index is 1530. The van der Waals surface area contributed by atoms with Crippen molar-refractivity contribution in [1.29, 1.82) is 0 Å². The Morgan fingerprint density at radius 3 is 1.80 bits per heavy atom. The van der Waals surface area contributed by atoms with Crippen LogP contribution in [0.2, 0.25) is 0 Å². The van der Waals surface area contributed by atoms with E-state index in [2.05, 4.69) is 5.32 Å². The number of nitrogens with zero attached hydrogens (tertiary/aromatic N) is 2. The van der Waals surface area contributed by atoms with E-state index >= 15 is 0 Å². The van der Waals surface area contributed by atoms with E-state index in [1.54, 1.807) is 66.7 Å². The summed E-state index contributed by atoms with van der Waals surface area (Å²) >= 11 is 0. The molecule has 1 heterocycles. The van der Waals surface area contributed by atoms with Crippen LogP contribution in [0, 0.1) is 13.8 Å². The summed E-state index contributed by atoms with van der Waals surface area (Å²) < 4.78 is 57.6. The van der Waals surface area contributed by atoms with Crippen LogP contribution in [0.4, 0.5) is 0 Å². The Kier molecular flexibility index (Phi) is 9.98. The molecule has 0 radical (unpaired) electrons. The number of sulfonamides is 2. The van der Waals surface area contributed by atoms with Crippen molar-refractivity contribution in [2.24, 2.45) is 0 Å². The first-order valence-corrected chi connectivity index (χ1v) is 16.6. The van der Waals surface area contributed by atoms with Crippen molar-refractivity contribution < 1.29 is 26.7 Å². The number of nitrogens with one attached hydrogen (secondary N) is 1. The van der Waals surface area contributed by atoms with Gasteiger partial charge in [0.05, 0.1) is 15.8 Å². The molecule has 41 heavy (non-hydrogen) atoms. The first-order valence-electron chi connectivity index (χ1n) is 13.7. The summed E-state index contributed by atoms with van der Waals surface area (Å²) in [5.74, 6) is -0.727. The summed E-state index contributed by atoms with van der Waals surface area (Å²) in [5, 5.41) is 14.0. The molecule has 0 bridgehead atoms. The van der Waals surface area contributed by atoms with Gasteiger partial charge in [0, 0.05) is 26.2 Å². The third kappa shape index (κ3) is 7.22. The highest BCUT2D eigenvalue weighted by molar-refractivity contribution is 7.89. The minimum Gasteiger partial charge on any atom is -0.381 e. The predicted molar refractivity (Wildman–Crippen MR) is 157 cm³/mol. The molecule has 220 valence electrons. The number of hydrogen-bond donors (Lipinski definition) is 2. The summed E-state index contributed by atoms with van der Waals surface area (Å²) in [4.78, 5) is 13.4. The molecule has 1 amide bonds. The van der Waals surface area contributed by atoms with E-state index in [1.165, 1.54) is 20.7 Å². The van der Waals surface area contributed by atoms with Crippen molar-refractivity contribution in [3.63, 3.8) is 0 Å². The van der Waals surface area contributed by atoms with Gasteiger partial charge in [-0.1, -0.05) is 65.7 Å². The number of aryl methyl sites for hydroxylation is 2. The van der Waals surface area contributed by atoms with Crippen molar-refractivity contribution in [3.05, 3.63) is 95.6 Å². The van der Waals surface area contributed by atoms with Crippen LogP contribution in [0.15, 0.2) is 88.7 Å². The molecule has 1 saturated heterocycles. The first-order chi connectivity index (χ1) is 19.5. The van der Waals surface area contributed by atoms with E-state index in [0.717, 1.165) is 11.1 Å². The molecule has 2 N–H and O–H groups in total. The fourth-order valence-electron chi connectivity index (χ4n) is 4.89. The van der Waals surface area contributed by atoms with Crippen LogP contribution in [0.5, 0.6) is 0 Å². The molecule has 1 aliphatic heterocycles. The first kappa shape index (κ1) is 30.9. The van der Waals surface area contributed by atoms with Crippen LogP contribution in [-0.2, 0) is 24.8 Å². The molecule has 0 saturated carbocycles. The van der Waals surface area contributed by atoms with Gasteiger partial charge in [0.15, 0.2) is 6.10 Å². The van der Waals surface area contributed by atoms with Crippen molar-refractivity contribution >= 4 is 26.0 Å². The molecule has 1 unspecified atom stereocenters. The highest BCUT2D eigenvalue weighted by atomic mass is 32.2. The third-order valence-corrected chi connectivity index (χ3v) is 11.0. The van der Waals surface area contributed by atoms with Crippen LogP contribution in [0.25, 0.3) is 0 Å². The van der Waals surface area contributed by atoms with E-state index in [9.17, 15) is 26.7 Å². The average molecular weight is 600 g/mol. The van der Waals surface area contributed by atoms with Crippen molar-refractivity contribution in [3.8, 4) is 0 Å². The van der Waals surface area contributed by atoms with Gasteiger partial charge >= 0.3 is 0 Å². The molecule has 3 aromatic carbocycles. The minimum absolute atomic E-state index is 0.0292. The van der Waals surface area contributed by atoms with Crippen LogP contribution < -0.4 is 5.32 Å². The second-order valence-corrected chi connectivity index (χ2v) is 14.1. The molecule has 9 nitrogen and oxygen atoms in total. The highest BCUT2D eigenvalue weighted by Gasteiger charge is 2.39. The summed E-state index contributed by atoms with van der Waals surface area (Å²) in [6.45, 7) is 4.17. The number of aliphatic hydroxyl groups excluding tert-OH is 1. The van der Waals surface area contributed by atoms with E-state index in [1.807, 2.05) is 13.8 Å². The van der Waals surface area contributed by atoms with Crippen LogP contribution in [0.1, 0.15) is 42.0 Å². The van der Waals surface area contributed by atoms with Gasteiger partial charge in [-0.25, -0.2) is 16.8 Å². The number of carbonyl (C=O) groups is 1. The summed E-state index contributed by atoms with van der Waals surface area (Å²) in [5.41, 5.74) is 2.31. The monoisotopic (exact) mass is 599 g/mol. The van der Waals surface area contributed by atoms with Gasteiger partial charge in [-0.05, 0) is 62.9 Å². The van der Waals surface area contributed by atoms with Crippen molar-refractivity contribution in [2.45, 2.75) is 55.0 Å². The molecular weight excluding hydrogens is 562 g/mol. The maximum Gasteiger partial charge on any atom is 0.250 e. The quantitative estimate of drug-likeness (QED) is 0.464. The third-order valence-electron chi connectivity index (χ3n) is 7.22. The van der Waals surface area contributed by atoms with Gasteiger partial charge in [0.1, 0.15) is 0 Å². The summed E-state index contributed by atoms with van der Waals surface area (Å²) in [6.07, 6.45) is -0.678. The SMILES string of the molecule is Cc1ccc(S(=O)(=O)N2CCCCN(S(=O)(=O)c3ccc(C)cc3)C(c3ccccc3)[C@H](O)C(=O)NCCC2)cc1. The number of aliphatic hydroxyl groups is 1. The van der Waals surface area contributed by atoms with Gasteiger partial charge < -0.3 is 10.4 Å². The second-order valence-electron chi connectivity index (χ2n) is 10.3. The zero-order valence-electron chi connectivity index (χ0n) is 23.3. The standard InChI is InChI=1S/C30H37N3O6S2/c1-23-11-15-26(16-12-23)40(36,37)32-20-6-7-22-33(41(38,39)27-17-13-24(2)14-18-27)28(25-9-4-3-5-10-25)29(34)30(35)31-19-8-21-32/h3-5,9-18,28-29,34H,6-8,19-22H2,1-2H3,(H,31,35)/t28?,29-/m0/s1. The largest absolute Gasteiger partial charge is 0.381 e. The topological polar surface area (TPSA) is 124 Å². The summed E-state index contributed by atoms with van der Waals surface area (Å²) in [7, 11) is -7.96. The Morgan fingerprint density at radius 1 is 0.707 bits per heavy atom. The van der Waals surface area contributed by atoms with Crippen LogP contribution >= 0.6 is 0 Å². The molecule has 2 atom stereocenters. The molecule has 0 aromatic heterocycles. The fourth-order valence-corrected chi connectivity index (χ4v) is 8.07. The van der Waals surface area contributed by atoms with Gasteiger partial charge in [-0.3, -0.25) is 4.79 Å². The predicted octanol–water partition coefficient (Wildman–Crippen LogP) is 3.39. The molecule has 3 aromatic rings. The van der Waals surface area contributed by atoms with Gasteiger partial charge in [-0.15, -0.1) is 0 Å². The number of benzene rings is 3.